The van der Waals surface area contributed by atoms with Crippen molar-refractivity contribution in [2.45, 2.75) is 12.5 Å². The number of nitrogens with two attached hydrogens (primary N) is 1. The van der Waals surface area contributed by atoms with Crippen LogP contribution < -0.4 is 5.73 Å². The summed E-state index contributed by atoms with van der Waals surface area (Å²) < 4.78 is 5.02. The first kappa shape index (κ1) is 9.44. The standard InChI is InChI=1S/C7H13NO4/c8-3-7(1-2-12-4-7)5(9)6(10)11/h5,9H,1-4,8H2,(H,10,11). The number of carbonyl (C=O) groups is 1. The number of ether oxygens (including phenoxy) is 1. The molecule has 1 heterocycles. The van der Waals surface area contributed by atoms with Crippen molar-refractivity contribution in [2.75, 3.05) is 19.8 Å². The summed E-state index contributed by atoms with van der Waals surface area (Å²) >= 11 is 0. The third-order valence-corrected chi connectivity index (χ3v) is 2.35. The van der Waals surface area contributed by atoms with Gasteiger partial charge in [-0.2, -0.15) is 0 Å². The van der Waals surface area contributed by atoms with E-state index < -0.39 is 17.5 Å². The van der Waals surface area contributed by atoms with E-state index in [1.807, 2.05) is 0 Å². The maximum absolute atomic E-state index is 10.5. The quantitative estimate of drug-likeness (QED) is 0.501. The third-order valence-electron chi connectivity index (χ3n) is 2.35. The zero-order chi connectivity index (χ0) is 9.19. The van der Waals surface area contributed by atoms with E-state index in [1.165, 1.54) is 0 Å². The molecule has 1 rings (SSSR count). The maximum Gasteiger partial charge on any atom is 0.333 e. The molecule has 4 N–H and O–H groups in total. The number of aliphatic carboxylic acids is 1. The predicted molar refractivity (Wildman–Crippen MR) is 40.6 cm³/mol. The van der Waals surface area contributed by atoms with Gasteiger partial charge in [-0.1, -0.05) is 0 Å². The van der Waals surface area contributed by atoms with Gasteiger partial charge in [0.25, 0.3) is 0 Å². The first-order valence-corrected chi connectivity index (χ1v) is 3.81. The molecule has 0 saturated carbocycles. The van der Waals surface area contributed by atoms with E-state index in [9.17, 15) is 9.90 Å². The maximum atomic E-state index is 10.5. The third kappa shape index (κ3) is 1.43. The van der Waals surface area contributed by atoms with Gasteiger partial charge >= 0.3 is 5.97 Å². The van der Waals surface area contributed by atoms with Gasteiger partial charge in [0.15, 0.2) is 6.10 Å². The predicted octanol–water partition coefficient (Wildman–Crippen LogP) is -1.20. The van der Waals surface area contributed by atoms with Crippen LogP contribution >= 0.6 is 0 Å². The zero-order valence-corrected chi connectivity index (χ0v) is 6.69. The lowest BCUT2D eigenvalue weighted by Crippen LogP contribution is -2.46. The van der Waals surface area contributed by atoms with Gasteiger partial charge in [0.2, 0.25) is 0 Å². The Hall–Kier alpha value is -0.650. The summed E-state index contributed by atoms with van der Waals surface area (Å²) in [6.07, 6.45) is -0.901. The molecule has 5 nitrogen and oxygen atoms in total. The highest BCUT2D eigenvalue weighted by atomic mass is 16.5. The van der Waals surface area contributed by atoms with Gasteiger partial charge in [-0.3, -0.25) is 0 Å². The van der Waals surface area contributed by atoms with Gasteiger partial charge in [-0.15, -0.1) is 0 Å². The highest BCUT2D eigenvalue weighted by Gasteiger charge is 2.44. The molecule has 1 saturated heterocycles. The lowest BCUT2D eigenvalue weighted by Gasteiger charge is -2.27. The molecule has 1 fully saturated rings. The Bertz CT molecular complexity index is 176. The number of carboxylic acids is 1. The Morgan fingerprint density at radius 1 is 1.75 bits per heavy atom. The Morgan fingerprint density at radius 2 is 2.42 bits per heavy atom. The number of aliphatic hydroxyl groups excluding tert-OH is 1. The molecule has 70 valence electrons. The fourth-order valence-corrected chi connectivity index (χ4v) is 1.37. The number of carboxylic acid groups (broad SMARTS) is 1. The van der Waals surface area contributed by atoms with Crippen LogP contribution in [-0.2, 0) is 9.53 Å². The first-order valence-electron chi connectivity index (χ1n) is 3.81. The summed E-state index contributed by atoms with van der Waals surface area (Å²) in [6, 6.07) is 0. The Labute approximate surface area is 70.1 Å². The van der Waals surface area contributed by atoms with Crippen molar-refractivity contribution in [2.24, 2.45) is 11.1 Å². The molecule has 0 amide bonds. The van der Waals surface area contributed by atoms with Crippen LogP contribution in [-0.4, -0.2) is 42.0 Å². The fraction of sp³-hybridized carbons (Fsp3) is 0.857. The van der Waals surface area contributed by atoms with E-state index in [4.69, 9.17) is 15.6 Å². The SMILES string of the molecule is NCC1(C(O)C(=O)O)CCOC1. The van der Waals surface area contributed by atoms with Crippen LogP contribution in [0, 0.1) is 5.41 Å². The number of hydrogen-bond donors (Lipinski definition) is 3. The number of rotatable bonds is 3. The molecule has 0 aromatic rings. The highest BCUT2D eigenvalue weighted by molar-refractivity contribution is 5.73. The first-order chi connectivity index (χ1) is 5.62. The fourth-order valence-electron chi connectivity index (χ4n) is 1.37. The van der Waals surface area contributed by atoms with Crippen LogP contribution in [0.15, 0.2) is 0 Å². The van der Waals surface area contributed by atoms with Crippen LogP contribution in [0.3, 0.4) is 0 Å². The lowest BCUT2D eigenvalue weighted by molar-refractivity contribution is -0.154. The van der Waals surface area contributed by atoms with Crippen molar-refractivity contribution in [1.82, 2.24) is 0 Å². The normalized spacial score (nSPS) is 31.8. The van der Waals surface area contributed by atoms with Crippen LogP contribution in [0.2, 0.25) is 0 Å². The van der Waals surface area contributed by atoms with E-state index in [1.54, 1.807) is 0 Å². The van der Waals surface area contributed by atoms with Gasteiger partial charge < -0.3 is 20.7 Å². The van der Waals surface area contributed by atoms with Crippen molar-refractivity contribution in [3.8, 4) is 0 Å². The van der Waals surface area contributed by atoms with Gasteiger partial charge in [0.1, 0.15) is 0 Å². The molecule has 2 atom stereocenters. The molecule has 0 bridgehead atoms. The second kappa shape index (κ2) is 3.38. The zero-order valence-electron chi connectivity index (χ0n) is 6.69. The molecule has 0 aromatic carbocycles. The van der Waals surface area contributed by atoms with Gasteiger partial charge in [0.05, 0.1) is 6.61 Å². The smallest absolute Gasteiger partial charge is 0.333 e. The monoisotopic (exact) mass is 175 g/mol. The second-order valence-electron chi connectivity index (χ2n) is 3.11. The van der Waals surface area contributed by atoms with E-state index >= 15 is 0 Å². The van der Waals surface area contributed by atoms with E-state index in [0.29, 0.717) is 13.0 Å². The molecule has 1 aliphatic rings. The molecule has 12 heavy (non-hydrogen) atoms. The molecule has 5 heteroatoms. The molecule has 0 radical (unpaired) electrons. The summed E-state index contributed by atoms with van der Waals surface area (Å²) in [4.78, 5) is 10.5. The van der Waals surface area contributed by atoms with Crippen molar-refractivity contribution >= 4 is 5.97 Å². The second-order valence-corrected chi connectivity index (χ2v) is 3.11. The minimum Gasteiger partial charge on any atom is -0.479 e. The van der Waals surface area contributed by atoms with Crippen molar-refractivity contribution in [1.29, 1.82) is 0 Å². The largest absolute Gasteiger partial charge is 0.479 e. The summed E-state index contributed by atoms with van der Waals surface area (Å²) in [6.45, 7) is 0.846. The van der Waals surface area contributed by atoms with E-state index in [-0.39, 0.29) is 13.2 Å². The summed E-state index contributed by atoms with van der Waals surface area (Å²) in [5.74, 6) is -1.23. The van der Waals surface area contributed by atoms with Gasteiger partial charge in [-0.25, -0.2) is 4.79 Å². The topological polar surface area (TPSA) is 92.8 Å². The summed E-state index contributed by atoms with van der Waals surface area (Å²) in [7, 11) is 0. The minimum absolute atomic E-state index is 0.139. The van der Waals surface area contributed by atoms with Crippen molar-refractivity contribution < 1.29 is 19.7 Å². The molecule has 1 aliphatic heterocycles. The molecule has 0 spiro atoms. The average molecular weight is 175 g/mol. The number of aliphatic hydroxyl groups is 1. The van der Waals surface area contributed by atoms with Crippen molar-refractivity contribution in [3.63, 3.8) is 0 Å². The molecule has 2 unspecified atom stereocenters. The Kier molecular flexibility index (Phi) is 2.66. The van der Waals surface area contributed by atoms with Crippen LogP contribution in [0.4, 0.5) is 0 Å². The van der Waals surface area contributed by atoms with Crippen LogP contribution in [0.25, 0.3) is 0 Å². The van der Waals surface area contributed by atoms with Crippen molar-refractivity contribution in [3.05, 3.63) is 0 Å². The summed E-state index contributed by atoms with van der Waals surface area (Å²) in [5, 5.41) is 17.9. The van der Waals surface area contributed by atoms with Crippen LogP contribution in [0.5, 0.6) is 0 Å². The Balaban J connectivity index is 2.71. The number of hydrogen-bond acceptors (Lipinski definition) is 4. The minimum atomic E-state index is -1.41. The lowest BCUT2D eigenvalue weighted by atomic mass is 9.81. The van der Waals surface area contributed by atoms with Gasteiger partial charge in [-0.05, 0) is 6.42 Å². The Morgan fingerprint density at radius 3 is 2.75 bits per heavy atom. The molecule has 0 aromatic heterocycles. The summed E-state index contributed by atoms with van der Waals surface area (Å²) in [5.41, 5.74) is 4.63. The molecule has 0 aliphatic carbocycles. The van der Waals surface area contributed by atoms with Gasteiger partial charge in [0, 0.05) is 18.6 Å². The van der Waals surface area contributed by atoms with E-state index in [0.717, 1.165) is 0 Å². The molecular formula is C7H13NO4. The highest BCUT2D eigenvalue weighted by Crippen LogP contribution is 2.31. The molecular weight excluding hydrogens is 162 g/mol. The van der Waals surface area contributed by atoms with Crippen LogP contribution in [0.1, 0.15) is 6.42 Å². The average Bonchev–Trinajstić information content (AvgIpc) is 2.52. The van der Waals surface area contributed by atoms with E-state index in [2.05, 4.69) is 0 Å².